The molecule has 0 bridgehead atoms. The fourth-order valence-corrected chi connectivity index (χ4v) is 0.951. The number of nitrogens with zero attached hydrogens (tertiary/aromatic N) is 1. The van der Waals surface area contributed by atoms with Crippen molar-refractivity contribution >= 4 is 17.9 Å². The highest BCUT2D eigenvalue weighted by Gasteiger charge is 2.30. The van der Waals surface area contributed by atoms with Gasteiger partial charge in [-0.15, -0.1) is 0 Å². The van der Waals surface area contributed by atoms with Crippen LogP contribution in [-0.2, 0) is 14.3 Å². The molecule has 6 heteroatoms. The molecule has 0 aliphatic carbocycles. The Morgan fingerprint density at radius 2 is 2.38 bits per heavy atom. The van der Waals surface area contributed by atoms with E-state index in [-0.39, 0.29) is 21.1 Å². The number of hydrogen-bond acceptors (Lipinski definition) is 4. The smallest absolute Gasteiger partial charge is 0.326 e. The molecule has 1 N–H and O–H groups in total. The van der Waals surface area contributed by atoms with Gasteiger partial charge in [-0.2, -0.15) is 0 Å². The van der Waals surface area contributed by atoms with Gasteiger partial charge >= 0.3 is 12.0 Å². The van der Waals surface area contributed by atoms with Crippen LogP contribution in [0.15, 0.2) is 0 Å². The van der Waals surface area contributed by atoms with Gasteiger partial charge in [-0.1, -0.05) is 0 Å². The van der Waals surface area contributed by atoms with E-state index in [1.807, 2.05) is 0 Å². The van der Waals surface area contributed by atoms with Crippen LogP contribution >= 0.6 is 0 Å². The highest BCUT2D eigenvalue weighted by atomic mass is 16.5. The van der Waals surface area contributed by atoms with Gasteiger partial charge < -0.3 is 10.1 Å². The largest absolute Gasteiger partial charge is 0.465 e. The first kappa shape index (κ1) is 9.50. The lowest BCUT2D eigenvalue weighted by Gasteiger charge is -2.10. The minimum Gasteiger partial charge on any atom is -0.465 e. The average Bonchev–Trinajstić information content (AvgIpc) is 2.36. The summed E-state index contributed by atoms with van der Waals surface area (Å²) >= 11 is 0. The number of esters is 1. The predicted octanol–water partition coefficient (Wildman–Crippen LogP) is -0.653. The lowest BCUT2D eigenvalue weighted by Crippen LogP contribution is -2.36. The van der Waals surface area contributed by atoms with Crippen molar-refractivity contribution in [3.05, 3.63) is 0 Å². The minimum absolute atomic E-state index is 0. The normalized spacial score (nSPS) is 15.9. The van der Waals surface area contributed by atoms with Gasteiger partial charge in [-0.05, 0) is 6.92 Å². The number of imide groups is 1. The highest BCUT2D eigenvalue weighted by Crippen LogP contribution is 1.98. The van der Waals surface area contributed by atoms with Crippen LogP contribution in [0.25, 0.3) is 0 Å². The molecular formula is C7H12N2O4. The van der Waals surface area contributed by atoms with E-state index < -0.39 is 17.9 Å². The summed E-state index contributed by atoms with van der Waals surface area (Å²) in [6.45, 7) is 1.54. The summed E-state index contributed by atoms with van der Waals surface area (Å²) in [5.74, 6) is -0.981. The molecule has 0 aromatic carbocycles. The van der Waals surface area contributed by atoms with Crippen molar-refractivity contribution in [1.82, 2.24) is 10.2 Å². The van der Waals surface area contributed by atoms with Gasteiger partial charge in [0.25, 0.3) is 5.91 Å². The molecule has 0 unspecified atom stereocenters. The number of amides is 3. The SMILES string of the molecule is CCOC(=O)CN1C(=O)CNC1=O.[HH]. The molecule has 1 saturated heterocycles. The van der Waals surface area contributed by atoms with E-state index in [9.17, 15) is 14.4 Å². The van der Waals surface area contributed by atoms with Crippen molar-refractivity contribution in [2.45, 2.75) is 6.92 Å². The zero-order valence-electron chi connectivity index (χ0n) is 7.20. The van der Waals surface area contributed by atoms with Crippen molar-refractivity contribution in [2.24, 2.45) is 0 Å². The van der Waals surface area contributed by atoms with Crippen molar-refractivity contribution in [1.29, 1.82) is 0 Å². The van der Waals surface area contributed by atoms with Gasteiger partial charge in [0, 0.05) is 1.43 Å². The number of hydrogen-bond donors (Lipinski definition) is 1. The first-order valence-electron chi connectivity index (χ1n) is 3.89. The third-order valence-corrected chi connectivity index (χ3v) is 1.53. The second-order valence-corrected chi connectivity index (χ2v) is 2.44. The lowest BCUT2D eigenvalue weighted by molar-refractivity contribution is -0.146. The summed E-state index contributed by atoms with van der Waals surface area (Å²) in [4.78, 5) is 33.6. The zero-order valence-corrected chi connectivity index (χ0v) is 7.20. The molecule has 1 rings (SSSR count). The number of urea groups is 1. The maximum absolute atomic E-state index is 11.0. The van der Waals surface area contributed by atoms with Crippen LogP contribution in [0.4, 0.5) is 4.79 Å². The van der Waals surface area contributed by atoms with E-state index in [1.54, 1.807) is 6.92 Å². The highest BCUT2D eigenvalue weighted by molar-refractivity contribution is 6.04. The molecule has 0 spiro atoms. The maximum Gasteiger partial charge on any atom is 0.326 e. The topological polar surface area (TPSA) is 75.7 Å². The molecule has 0 radical (unpaired) electrons. The Bertz CT molecular complexity index is 240. The maximum atomic E-state index is 11.0. The Kier molecular flexibility index (Phi) is 2.84. The second kappa shape index (κ2) is 3.88. The Morgan fingerprint density at radius 3 is 2.85 bits per heavy atom. The van der Waals surface area contributed by atoms with Crippen LogP contribution in [-0.4, -0.2) is 42.5 Å². The van der Waals surface area contributed by atoms with Crippen LogP contribution in [0.1, 0.15) is 8.35 Å². The second-order valence-electron chi connectivity index (χ2n) is 2.44. The summed E-state index contributed by atoms with van der Waals surface area (Å²) in [6.07, 6.45) is 0. The molecule has 74 valence electrons. The number of carbonyl (C=O) groups is 3. The molecule has 3 amide bonds. The molecule has 1 heterocycles. The van der Waals surface area contributed by atoms with Crippen molar-refractivity contribution < 1.29 is 20.5 Å². The fraction of sp³-hybridized carbons (Fsp3) is 0.571. The fourth-order valence-electron chi connectivity index (χ4n) is 0.951. The Hall–Kier alpha value is -1.59. The number of carbonyl (C=O) groups excluding carboxylic acids is 3. The van der Waals surface area contributed by atoms with Gasteiger partial charge in [-0.25, -0.2) is 4.79 Å². The van der Waals surface area contributed by atoms with Crippen LogP contribution in [0, 0.1) is 0 Å². The first-order valence-corrected chi connectivity index (χ1v) is 3.89. The average molecular weight is 188 g/mol. The predicted molar refractivity (Wildman–Crippen MR) is 43.9 cm³/mol. The molecule has 0 atom stereocenters. The zero-order chi connectivity index (χ0) is 9.84. The van der Waals surface area contributed by atoms with E-state index in [4.69, 9.17) is 0 Å². The van der Waals surface area contributed by atoms with Crippen LogP contribution in [0.3, 0.4) is 0 Å². The van der Waals surface area contributed by atoms with E-state index in [1.165, 1.54) is 0 Å². The van der Waals surface area contributed by atoms with Gasteiger partial charge in [0.1, 0.15) is 6.54 Å². The van der Waals surface area contributed by atoms with E-state index >= 15 is 0 Å². The molecule has 0 aromatic rings. The molecule has 1 fully saturated rings. The standard InChI is InChI=1S/C7H10N2O4.H2/c1-2-13-6(11)4-9-5(10)3-8-7(9)12;/h2-4H2,1H3,(H,8,12);1H. The lowest BCUT2D eigenvalue weighted by atomic mass is 10.5. The summed E-state index contributed by atoms with van der Waals surface area (Å²) in [6, 6.07) is -0.543. The third kappa shape index (κ3) is 2.17. The molecular weight excluding hydrogens is 176 g/mol. The molecule has 1 aliphatic heterocycles. The molecule has 0 saturated carbocycles. The van der Waals surface area contributed by atoms with Crippen LogP contribution in [0.2, 0.25) is 0 Å². The van der Waals surface area contributed by atoms with Gasteiger partial charge in [0.2, 0.25) is 0 Å². The van der Waals surface area contributed by atoms with Crippen molar-refractivity contribution in [3.8, 4) is 0 Å². The van der Waals surface area contributed by atoms with Gasteiger partial charge in [0.15, 0.2) is 0 Å². The summed E-state index contributed by atoms with van der Waals surface area (Å²) in [5.41, 5.74) is 0. The molecule has 1 aliphatic rings. The quantitative estimate of drug-likeness (QED) is 0.471. The Morgan fingerprint density at radius 1 is 1.69 bits per heavy atom. The summed E-state index contributed by atoms with van der Waals surface area (Å²) in [7, 11) is 0. The third-order valence-electron chi connectivity index (χ3n) is 1.53. The van der Waals surface area contributed by atoms with Crippen molar-refractivity contribution in [3.63, 3.8) is 0 Å². The van der Waals surface area contributed by atoms with Gasteiger partial charge in [-0.3, -0.25) is 14.5 Å². The number of rotatable bonds is 3. The minimum atomic E-state index is -0.576. The monoisotopic (exact) mass is 188 g/mol. The van der Waals surface area contributed by atoms with E-state index in [2.05, 4.69) is 10.1 Å². The van der Waals surface area contributed by atoms with E-state index in [0.717, 1.165) is 4.90 Å². The molecule has 0 aromatic heterocycles. The van der Waals surface area contributed by atoms with E-state index in [0.29, 0.717) is 0 Å². The van der Waals surface area contributed by atoms with Crippen LogP contribution in [0.5, 0.6) is 0 Å². The van der Waals surface area contributed by atoms with Crippen LogP contribution < -0.4 is 5.32 Å². The van der Waals surface area contributed by atoms with Gasteiger partial charge in [0.05, 0.1) is 13.2 Å². The number of ether oxygens (including phenoxy) is 1. The Labute approximate surface area is 76.3 Å². The molecule has 13 heavy (non-hydrogen) atoms. The Balaban J connectivity index is 0.00000169. The summed E-state index contributed by atoms with van der Waals surface area (Å²) in [5, 5.41) is 2.30. The summed E-state index contributed by atoms with van der Waals surface area (Å²) < 4.78 is 4.59. The first-order chi connectivity index (χ1) is 6.15. The van der Waals surface area contributed by atoms with Crippen molar-refractivity contribution in [2.75, 3.05) is 19.7 Å². The molecule has 6 nitrogen and oxygen atoms in total. The number of nitrogens with one attached hydrogen (secondary N) is 1.